The molecular formula is C20H16ClN3O3. The van der Waals surface area contributed by atoms with Crippen LogP contribution in [0.1, 0.15) is 12.5 Å². The number of carbonyl (C=O) groups is 3. The Labute approximate surface area is 161 Å². The molecule has 7 heteroatoms. The fourth-order valence-electron chi connectivity index (χ4n) is 3.49. The van der Waals surface area contributed by atoms with Crippen LogP contribution in [0.4, 0.5) is 11.4 Å². The van der Waals surface area contributed by atoms with Crippen molar-refractivity contribution >= 4 is 46.3 Å². The molecule has 0 N–H and O–H groups in total. The number of fused-ring (bicyclic) bond motifs is 1. The highest BCUT2D eigenvalue weighted by molar-refractivity contribution is 6.49. The molecule has 0 unspecified atom stereocenters. The first-order valence-corrected chi connectivity index (χ1v) is 8.85. The second-order valence-electron chi connectivity index (χ2n) is 6.64. The molecule has 0 radical (unpaired) electrons. The van der Waals surface area contributed by atoms with Crippen LogP contribution < -0.4 is 9.91 Å². The lowest BCUT2D eigenvalue weighted by Gasteiger charge is -2.22. The van der Waals surface area contributed by atoms with Crippen LogP contribution in [0.3, 0.4) is 0 Å². The number of hydrazone groups is 1. The molecule has 0 spiro atoms. The van der Waals surface area contributed by atoms with Crippen LogP contribution in [0.5, 0.6) is 0 Å². The van der Waals surface area contributed by atoms with Gasteiger partial charge in [-0.05, 0) is 37.3 Å². The Morgan fingerprint density at radius 3 is 2.37 bits per heavy atom. The van der Waals surface area contributed by atoms with E-state index in [0.717, 1.165) is 10.5 Å². The molecule has 0 aromatic heterocycles. The Kier molecular flexibility index (Phi) is 4.08. The fraction of sp³-hybridized carbons (Fsp3) is 0.200. The van der Waals surface area contributed by atoms with E-state index in [-0.39, 0.29) is 11.5 Å². The van der Waals surface area contributed by atoms with E-state index in [4.69, 9.17) is 11.6 Å². The lowest BCUT2D eigenvalue weighted by molar-refractivity contribution is -0.122. The SMILES string of the molecule is CC(=O)C1=NN(c2ccc(C)cc2)[C@@H]2C(=O)N(c3cccc(Cl)c3)C(=O)[C@H]12. The van der Waals surface area contributed by atoms with Crippen molar-refractivity contribution in [2.24, 2.45) is 11.0 Å². The van der Waals surface area contributed by atoms with Gasteiger partial charge in [0.1, 0.15) is 17.7 Å². The summed E-state index contributed by atoms with van der Waals surface area (Å²) in [4.78, 5) is 39.4. The zero-order valence-electron chi connectivity index (χ0n) is 14.7. The average molecular weight is 382 g/mol. The smallest absolute Gasteiger partial charge is 0.259 e. The number of anilines is 2. The molecule has 0 bridgehead atoms. The average Bonchev–Trinajstić information content (AvgIpc) is 3.13. The van der Waals surface area contributed by atoms with Crippen molar-refractivity contribution in [3.63, 3.8) is 0 Å². The molecule has 27 heavy (non-hydrogen) atoms. The summed E-state index contributed by atoms with van der Waals surface area (Å²) in [6.07, 6.45) is 0. The number of Topliss-reactive ketones (excluding diaryl/α,β-unsaturated/α-hetero) is 1. The molecule has 2 aliphatic rings. The maximum atomic E-state index is 13.2. The normalized spacial score (nSPS) is 21.5. The Balaban J connectivity index is 1.80. The lowest BCUT2D eigenvalue weighted by atomic mass is 9.95. The molecule has 2 heterocycles. The predicted octanol–water partition coefficient (Wildman–Crippen LogP) is 2.97. The molecule has 2 aromatic carbocycles. The maximum absolute atomic E-state index is 13.2. The summed E-state index contributed by atoms with van der Waals surface area (Å²) < 4.78 is 0. The van der Waals surface area contributed by atoms with E-state index in [0.29, 0.717) is 16.4 Å². The van der Waals surface area contributed by atoms with E-state index in [1.54, 1.807) is 24.3 Å². The van der Waals surface area contributed by atoms with Gasteiger partial charge in [0, 0.05) is 11.9 Å². The van der Waals surface area contributed by atoms with Crippen molar-refractivity contribution in [3.8, 4) is 0 Å². The van der Waals surface area contributed by atoms with Gasteiger partial charge in [0.05, 0.1) is 11.4 Å². The number of amides is 2. The molecule has 1 saturated heterocycles. The number of hydrogen-bond acceptors (Lipinski definition) is 5. The second-order valence-corrected chi connectivity index (χ2v) is 7.07. The molecule has 136 valence electrons. The first kappa shape index (κ1) is 17.4. The van der Waals surface area contributed by atoms with Crippen molar-refractivity contribution in [1.82, 2.24) is 0 Å². The second kappa shape index (κ2) is 6.32. The van der Waals surface area contributed by atoms with Crippen LogP contribution in [0.25, 0.3) is 0 Å². The van der Waals surface area contributed by atoms with E-state index in [1.165, 1.54) is 11.9 Å². The molecule has 2 amide bonds. The topological polar surface area (TPSA) is 70.1 Å². The van der Waals surface area contributed by atoms with Crippen LogP contribution >= 0.6 is 11.6 Å². The van der Waals surface area contributed by atoms with Gasteiger partial charge in [-0.2, -0.15) is 5.10 Å². The third kappa shape index (κ3) is 2.73. The number of imide groups is 1. The third-order valence-corrected chi connectivity index (χ3v) is 5.01. The van der Waals surface area contributed by atoms with Crippen molar-refractivity contribution in [3.05, 3.63) is 59.1 Å². The monoisotopic (exact) mass is 381 g/mol. The quantitative estimate of drug-likeness (QED) is 0.766. The molecule has 0 saturated carbocycles. The lowest BCUT2D eigenvalue weighted by Crippen LogP contribution is -2.39. The number of benzene rings is 2. The van der Waals surface area contributed by atoms with Crippen LogP contribution in [0.2, 0.25) is 5.02 Å². The van der Waals surface area contributed by atoms with Crippen LogP contribution in [0.15, 0.2) is 53.6 Å². The summed E-state index contributed by atoms with van der Waals surface area (Å²) in [5.41, 5.74) is 2.20. The minimum atomic E-state index is -0.921. The van der Waals surface area contributed by atoms with Gasteiger partial charge in [-0.15, -0.1) is 0 Å². The first-order chi connectivity index (χ1) is 12.9. The summed E-state index contributed by atoms with van der Waals surface area (Å²) in [6.45, 7) is 3.31. The number of halogens is 1. The Morgan fingerprint density at radius 1 is 1.04 bits per heavy atom. The van der Waals surface area contributed by atoms with Gasteiger partial charge in [0.2, 0.25) is 5.91 Å². The van der Waals surface area contributed by atoms with Crippen LogP contribution in [0, 0.1) is 12.8 Å². The summed E-state index contributed by atoms with van der Waals surface area (Å²) in [6, 6.07) is 13.1. The highest BCUT2D eigenvalue weighted by Crippen LogP contribution is 2.38. The van der Waals surface area contributed by atoms with Gasteiger partial charge in [0.15, 0.2) is 5.78 Å². The number of aryl methyl sites for hydroxylation is 1. The summed E-state index contributed by atoms with van der Waals surface area (Å²) >= 11 is 6.02. The van der Waals surface area contributed by atoms with Crippen LogP contribution in [-0.4, -0.2) is 29.4 Å². The minimum Gasteiger partial charge on any atom is -0.293 e. The van der Waals surface area contributed by atoms with E-state index in [2.05, 4.69) is 5.10 Å². The fourth-order valence-corrected chi connectivity index (χ4v) is 3.67. The third-order valence-electron chi connectivity index (χ3n) is 4.77. The molecule has 2 aliphatic heterocycles. The Hall–Kier alpha value is -2.99. The molecule has 4 rings (SSSR count). The van der Waals surface area contributed by atoms with Gasteiger partial charge < -0.3 is 0 Å². The number of carbonyl (C=O) groups excluding carboxylic acids is 3. The molecule has 1 fully saturated rings. The molecule has 2 atom stereocenters. The van der Waals surface area contributed by atoms with Crippen molar-refractivity contribution in [2.45, 2.75) is 19.9 Å². The van der Waals surface area contributed by atoms with Gasteiger partial charge in [-0.3, -0.25) is 19.4 Å². The summed E-state index contributed by atoms with van der Waals surface area (Å²) in [5, 5.41) is 6.22. The number of hydrogen-bond donors (Lipinski definition) is 0. The van der Waals surface area contributed by atoms with Gasteiger partial charge in [-0.1, -0.05) is 35.4 Å². The van der Waals surface area contributed by atoms with Gasteiger partial charge in [-0.25, -0.2) is 4.90 Å². The first-order valence-electron chi connectivity index (χ1n) is 8.47. The Morgan fingerprint density at radius 2 is 1.74 bits per heavy atom. The standard InChI is InChI=1S/C20H16ClN3O3/c1-11-6-8-14(9-7-11)24-18-16(17(22-24)12(2)25)19(26)23(20(18)27)15-5-3-4-13(21)10-15/h3-10,16,18H,1-2H3/t16-,18+/m1/s1. The molecule has 6 nitrogen and oxygen atoms in total. The number of rotatable bonds is 3. The predicted molar refractivity (Wildman–Crippen MR) is 103 cm³/mol. The van der Waals surface area contributed by atoms with Gasteiger partial charge in [0.25, 0.3) is 5.91 Å². The largest absolute Gasteiger partial charge is 0.293 e. The maximum Gasteiger partial charge on any atom is 0.259 e. The molecule has 2 aromatic rings. The highest BCUT2D eigenvalue weighted by atomic mass is 35.5. The van der Waals surface area contributed by atoms with E-state index in [1.807, 2.05) is 31.2 Å². The number of ketones is 1. The number of nitrogens with zero attached hydrogens (tertiary/aromatic N) is 3. The summed E-state index contributed by atoms with van der Waals surface area (Å²) in [7, 11) is 0. The van der Waals surface area contributed by atoms with Crippen molar-refractivity contribution < 1.29 is 14.4 Å². The van der Waals surface area contributed by atoms with Crippen molar-refractivity contribution in [2.75, 3.05) is 9.91 Å². The van der Waals surface area contributed by atoms with Gasteiger partial charge >= 0.3 is 0 Å². The molecule has 0 aliphatic carbocycles. The Bertz CT molecular complexity index is 1000. The van der Waals surface area contributed by atoms with Crippen LogP contribution in [-0.2, 0) is 14.4 Å². The zero-order valence-corrected chi connectivity index (χ0v) is 15.5. The van der Waals surface area contributed by atoms with Crippen molar-refractivity contribution in [1.29, 1.82) is 0 Å². The molecular weight excluding hydrogens is 366 g/mol. The van der Waals surface area contributed by atoms with E-state index in [9.17, 15) is 14.4 Å². The highest BCUT2D eigenvalue weighted by Gasteiger charge is 2.58. The minimum absolute atomic E-state index is 0.100. The zero-order chi connectivity index (χ0) is 19.3. The summed E-state index contributed by atoms with van der Waals surface area (Å²) in [5.74, 6) is -2.13. The van der Waals surface area contributed by atoms with E-state index < -0.39 is 23.8 Å². The van der Waals surface area contributed by atoms with E-state index >= 15 is 0 Å².